The second kappa shape index (κ2) is 10.3. The van der Waals surface area contributed by atoms with E-state index in [0.29, 0.717) is 38.4 Å². The third-order valence-electron chi connectivity index (χ3n) is 4.92. The summed E-state index contributed by atoms with van der Waals surface area (Å²) in [6.07, 6.45) is 1.81. The third kappa shape index (κ3) is 5.08. The third-order valence-corrected chi connectivity index (χ3v) is 6.23. The van der Waals surface area contributed by atoms with Gasteiger partial charge in [-0.25, -0.2) is 4.99 Å². The van der Waals surface area contributed by atoms with Gasteiger partial charge in [-0.1, -0.05) is 71.5 Å². The van der Waals surface area contributed by atoms with Gasteiger partial charge >= 0.3 is 0 Å². The van der Waals surface area contributed by atoms with E-state index in [0.717, 1.165) is 11.3 Å². The molecule has 4 rings (SSSR count). The lowest BCUT2D eigenvalue weighted by atomic mass is 10.1. The van der Waals surface area contributed by atoms with Crippen molar-refractivity contribution in [1.29, 1.82) is 0 Å². The fraction of sp³-hybridized carbons (Fsp3) is 0.0769. The Balaban J connectivity index is 1.85. The fourth-order valence-electron chi connectivity index (χ4n) is 3.33. The molecule has 7 heteroatoms. The van der Waals surface area contributed by atoms with Crippen molar-refractivity contribution in [3.63, 3.8) is 0 Å². The second-order valence-corrected chi connectivity index (χ2v) is 8.46. The van der Waals surface area contributed by atoms with E-state index in [4.69, 9.17) is 21.3 Å². The average Bonchev–Trinajstić information content (AvgIpc) is 3.17. The molecule has 3 aromatic carbocycles. The number of aromatic nitrogens is 1. The molecule has 0 radical (unpaired) electrons. The zero-order valence-corrected chi connectivity index (χ0v) is 19.6. The van der Waals surface area contributed by atoms with Crippen LogP contribution in [-0.2, 0) is 6.54 Å². The van der Waals surface area contributed by atoms with Gasteiger partial charge in [-0.3, -0.25) is 4.79 Å². The van der Waals surface area contributed by atoms with Crippen LogP contribution in [0.2, 0.25) is 5.02 Å². The number of carbonyl (C=O) groups excluding carboxylic acids is 1. The summed E-state index contributed by atoms with van der Waals surface area (Å²) >= 11 is 7.75. The minimum absolute atomic E-state index is 0.217. The number of methoxy groups -OCH3 is 1. The monoisotopic (exact) mass is 475 g/mol. The van der Waals surface area contributed by atoms with Gasteiger partial charge in [0.15, 0.2) is 4.80 Å². The number of hydrogen-bond donors (Lipinski definition) is 1. The van der Waals surface area contributed by atoms with Gasteiger partial charge in [-0.15, -0.1) is 6.58 Å². The number of thiazole rings is 1. The molecule has 1 aromatic heterocycles. The van der Waals surface area contributed by atoms with E-state index in [1.165, 1.54) is 11.3 Å². The van der Waals surface area contributed by atoms with Crippen LogP contribution in [0.25, 0.3) is 11.3 Å². The van der Waals surface area contributed by atoms with Crippen molar-refractivity contribution in [1.82, 2.24) is 4.57 Å². The average molecular weight is 476 g/mol. The molecule has 4 aromatic rings. The molecule has 0 saturated heterocycles. The molecule has 0 saturated carbocycles. The van der Waals surface area contributed by atoms with Crippen molar-refractivity contribution in [2.45, 2.75) is 6.54 Å². The lowest BCUT2D eigenvalue weighted by Crippen LogP contribution is -2.15. The predicted molar refractivity (Wildman–Crippen MR) is 136 cm³/mol. The maximum Gasteiger partial charge on any atom is 0.256 e. The zero-order valence-electron chi connectivity index (χ0n) is 18.0. The smallest absolute Gasteiger partial charge is 0.256 e. The number of para-hydroxylation sites is 1. The molecule has 0 bridgehead atoms. The van der Waals surface area contributed by atoms with Crippen LogP contribution < -0.4 is 14.9 Å². The first-order valence-corrected chi connectivity index (χ1v) is 11.4. The van der Waals surface area contributed by atoms with Crippen LogP contribution in [0, 0.1) is 0 Å². The highest BCUT2D eigenvalue weighted by Gasteiger charge is 2.18. The summed E-state index contributed by atoms with van der Waals surface area (Å²) in [5, 5.41) is 4.32. The van der Waals surface area contributed by atoms with Gasteiger partial charge < -0.3 is 14.6 Å². The molecule has 0 aliphatic carbocycles. The second-order valence-electron chi connectivity index (χ2n) is 7.07. The van der Waals surface area contributed by atoms with Gasteiger partial charge in [-0.2, -0.15) is 0 Å². The highest BCUT2D eigenvalue weighted by atomic mass is 35.5. The van der Waals surface area contributed by atoms with Gasteiger partial charge in [0.05, 0.1) is 23.5 Å². The summed E-state index contributed by atoms with van der Waals surface area (Å²) in [5.41, 5.74) is 3.00. The Bertz CT molecular complexity index is 1340. The van der Waals surface area contributed by atoms with Gasteiger partial charge in [0, 0.05) is 17.7 Å². The molecule has 0 aliphatic heterocycles. The largest absolute Gasteiger partial charge is 0.497 e. The molecular weight excluding hydrogens is 454 g/mol. The minimum Gasteiger partial charge on any atom is -0.497 e. The maximum atomic E-state index is 13.1. The number of amides is 1. The quantitative estimate of drug-likeness (QED) is 0.308. The Labute approximate surface area is 201 Å². The van der Waals surface area contributed by atoms with E-state index in [1.54, 1.807) is 43.5 Å². The molecule has 166 valence electrons. The number of rotatable bonds is 7. The maximum absolute atomic E-state index is 13.1. The van der Waals surface area contributed by atoms with E-state index in [2.05, 4.69) is 11.9 Å². The Hall–Kier alpha value is -3.61. The Morgan fingerprint density at radius 1 is 1.09 bits per heavy atom. The summed E-state index contributed by atoms with van der Waals surface area (Å²) in [6.45, 7) is 4.42. The molecule has 0 aliphatic rings. The fourth-order valence-corrected chi connectivity index (χ4v) is 4.57. The van der Waals surface area contributed by atoms with Crippen molar-refractivity contribution in [3.05, 3.63) is 107 Å². The SMILES string of the molecule is C=CCn1c(-c2ccccc2)c(NC(=O)c2ccc(OC)cc2)sc1=Nc1ccccc1Cl. The zero-order chi connectivity index (χ0) is 23.2. The van der Waals surface area contributed by atoms with Crippen LogP contribution in [0.1, 0.15) is 10.4 Å². The number of anilines is 1. The van der Waals surface area contributed by atoms with Crippen LogP contribution in [0.5, 0.6) is 5.75 Å². The Morgan fingerprint density at radius 3 is 2.45 bits per heavy atom. The molecule has 1 amide bonds. The van der Waals surface area contributed by atoms with Crippen LogP contribution in [-0.4, -0.2) is 17.6 Å². The molecule has 1 heterocycles. The Morgan fingerprint density at radius 2 is 1.79 bits per heavy atom. The summed E-state index contributed by atoms with van der Waals surface area (Å²) in [6, 6.07) is 24.3. The minimum atomic E-state index is -0.217. The number of benzene rings is 3. The first-order valence-electron chi connectivity index (χ1n) is 10.3. The number of nitrogens with zero attached hydrogens (tertiary/aromatic N) is 2. The number of halogens is 1. The highest BCUT2D eigenvalue weighted by molar-refractivity contribution is 7.14. The van der Waals surface area contributed by atoms with Crippen LogP contribution >= 0.6 is 22.9 Å². The summed E-state index contributed by atoms with van der Waals surface area (Å²) < 4.78 is 7.22. The van der Waals surface area contributed by atoms with Crippen LogP contribution in [0.15, 0.2) is 96.5 Å². The van der Waals surface area contributed by atoms with Crippen molar-refractivity contribution < 1.29 is 9.53 Å². The van der Waals surface area contributed by atoms with E-state index in [9.17, 15) is 4.79 Å². The lowest BCUT2D eigenvalue weighted by molar-refractivity contribution is 0.102. The van der Waals surface area contributed by atoms with Crippen molar-refractivity contribution in [2.24, 2.45) is 4.99 Å². The molecule has 33 heavy (non-hydrogen) atoms. The highest BCUT2D eigenvalue weighted by Crippen LogP contribution is 2.32. The first kappa shape index (κ1) is 22.6. The van der Waals surface area contributed by atoms with Crippen molar-refractivity contribution in [2.75, 3.05) is 12.4 Å². The number of nitrogens with one attached hydrogen (secondary N) is 1. The molecule has 0 unspecified atom stereocenters. The number of allylic oxidation sites excluding steroid dienone is 1. The molecule has 0 fully saturated rings. The van der Waals surface area contributed by atoms with Crippen LogP contribution in [0.4, 0.5) is 10.7 Å². The van der Waals surface area contributed by atoms with Gasteiger partial charge in [0.25, 0.3) is 5.91 Å². The topological polar surface area (TPSA) is 55.6 Å². The lowest BCUT2D eigenvalue weighted by Gasteiger charge is -2.10. The van der Waals surface area contributed by atoms with Crippen molar-refractivity contribution >= 4 is 39.5 Å². The molecular formula is C26H22ClN3O2S. The summed E-state index contributed by atoms with van der Waals surface area (Å²) in [7, 11) is 1.59. The number of carbonyl (C=O) groups is 1. The van der Waals surface area contributed by atoms with Crippen molar-refractivity contribution in [3.8, 4) is 17.0 Å². The standard InChI is InChI=1S/C26H22ClN3O2S/c1-3-17-30-23(18-9-5-4-6-10-18)25(29-24(31)19-13-15-20(32-2)16-14-19)33-26(30)28-22-12-8-7-11-21(22)27/h3-16H,1,17H2,2H3,(H,29,31). The summed E-state index contributed by atoms with van der Waals surface area (Å²) in [5.74, 6) is 0.475. The predicted octanol–water partition coefficient (Wildman–Crippen LogP) is 6.55. The van der Waals surface area contributed by atoms with Crippen LogP contribution in [0.3, 0.4) is 0 Å². The van der Waals surface area contributed by atoms with Gasteiger partial charge in [0.1, 0.15) is 10.8 Å². The molecule has 5 nitrogen and oxygen atoms in total. The Kier molecular flexibility index (Phi) is 7.07. The normalized spacial score (nSPS) is 11.3. The van der Waals surface area contributed by atoms with E-state index >= 15 is 0 Å². The van der Waals surface area contributed by atoms with E-state index in [1.807, 2.05) is 53.1 Å². The van der Waals surface area contributed by atoms with E-state index in [-0.39, 0.29) is 5.91 Å². The molecule has 1 N–H and O–H groups in total. The van der Waals surface area contributed by atoms with Gasteiger partial charge in [0.2, 0.25) is 0 Å². The van der Waals surface area contributed by atoms with Gasteiger partial charge in [-0.05, 0) is 36.4 Å². The molecule has 0 spiro atoms. The summed E-state index contributed by atoms with van der Waals surface area (Å²) in [4.78, 5) is 18.6. The van der Waals surface area contributed by atoms with E-state index < -0.39 is 0 Å². The first-order chi connectivity index (χ1) is 16.1. The number of hydrogen-bond acceptors (Lipinski definition) is 4. The molecule has 0 atom stereocenters. The number of ether oxygens (including phenoxy) is 1.